The lowest BCUT2D eigenvalue weighted by Gasteiger charge is -2.33. The van der Waals surface area contributed by atoms with Gasteiger partial charge in [0, 0.05) is 32.9 Å². The van der Waals surface area contributed by atoms with Crippen molar-refractivity contribution >= 4 is 58.4 Å². The van der Waals surface area contributed by atoms with Gasteiger partial charge < -0.3 is 10.2 Å². The molecule has 0 spiro atoms. The summed E-state index contributed by atoms with van der Waals surface area (Å²) >= 11 is 19.9. The number of thioether (sulfide) groups is 1. The van der Waals surface area contributed by atoms with E-state index in [2.05, 4.69) is 5.32 Å². The fourth-order valence-corrected chi connectivity index (χ4v) is 4.71. The van der Waals surface area contributed by atoms with Crippen molar-refractivity contribution in [2.75, 3.05) is 5.75 Å². The third-order valence-electron chi connectivity index (χ3n) is 4.62. The second kappa shape index (κ2) is 12.2. The van der Waals surface area contributed by atoms with E-state index in [9.17, 15) is 9.59 Å². The summed E-state index contributed by atoms with van der Waals surface area (Å²) in [5.74, 6) is 0.571. The van der Waals surface area contributed by atoms with Gasteiger partial charge in [-0.1, -0.05) is 59.9 Å². The second-order valence-corrected chi connectivity index (χ2v) is 10.8. The molecule has 1 unspecified atom stereocenters. The molecular formula is C24H29Cl3N2O2S. The van der Waals surface area contributed by atoms with Crippen molar-refractivity contribution in [1.29, 1.82) is 0 Å². The molecule has 0 fully saturated rings. The topological polar surface area (TPSA) is 49.4 Å². The number of nitrogens with zero attached hydrogens (tertiary/aromatic N) is 1. The number of carbonyl (C=O) groups excluding carboxylic acids is 2. The van der Waals surface area contributed by atoms with Crippen LogP contribution in [0.4, 0.5) is 0 Å². The van der Waals surface area contributed by atoms with Crippen LogP contribution in [0.2, 0.25) is 15.1 Å². The minimum absolute atomic E-state index is 0.126. The number of halogens is 3. The van der Waals surface area contributed by atoms with Crippen molar-refractivity contribution < 1.29 is 9.59 Å². The summed E-state index contributed by atoms with van der Waals surface area (Å²) in [5, 5.41) is 4.65. The summed E-state index contributed by atoms with van der Waals surface area (Å²) in [6.07, 6.45) is 0.484. The SMILES string of the molecule is CCC(C(=O)NC(C)(C)C)N(Cc1ccc(Cl)cc1Cl)C(=O)CSCc1cccc(Cl)c1. The molecule has 1 N–H and O–H groups in total. The molecule has 0 saturated heterocycles. The van der Waals surface area contributed by atoms with Gasteiger partial charge in [0.1, 0.15) is 6.04 Å². The van der Waals surface area contributed by atoms with Crippen LogP contribution in [0.25, 0.3) is 0 Å². The van der Waals surface area contributed by atoms with E-state index in [1.807, 2.05) is 52.0 Å². The number of rotatable bonds is 9. The van der Waals surface area contributed by atoms with E-state index in [0.717, 1.165) is 11.1 Å². The Balaban J connectivity index is 2.20. The molecule has 0 aliphatic heterocycles. The zero-order valence-corrected chi connectivity index (χ0v) is 21.8. The van der Waals surface area contributed by atoms with Gasteiger partial charge in [-0.05, 0) is 62.6 Å². The zero-order valence-electron chi connectivity index (χ0n) is 18.8. The van der Waals surface area contributed by atoms with Crippen LogP contribution >= 0.6 is 46.6 Å². The van der Waals surface area contributed by atoms with E-state index in [-0.39, 0.29) is 24.1 Å². The largest absolute Gasteiger partial charge is 0.350 e. The molecule has 0 aliphatic rings. The predicted molar refractivity (Wildman–Crippen MR) is 137 cm³/mol. The van der Waals surface area contributed by atoms with Gasteiger partial charge in [-0.25, -0.2) is 0 Å². The lowest BCUT2D eigenvalue weighted by atomic mass is 10.1. The fourth-order valence-electron chi connectivity index (χ4n) is 3.17. The maximum atomic E-state index is 13.3. The van der Waals surface area contributed by atoms with Crippen LogP contribution in [-0.4, -0.2) is 34.0 Å². The molecule has 2 aromatic rings. The van der Waals surface area contributed by atoms with Crippen LogP contribution in [0.15, 0.2) is 42.5 Å². The average Bonchev–Trinajstić information content (AvgIpc) is 2.68. The van der Waals surface area contributed by atoms with Gasteiger partial charge in [0.25, 0.3) is 0 Å². The Morgan fingerprint density at radius 2 is 1.75 bits per heavy atom. The monoisotopic (exact) mass is 514 g/mol. The number of hydrogen-bond acceptors (Lipinski definition) is 3. The van der Waals surface area contributed by atoms with Gasteiger partial charge in [-0.2, -0.15) is 0 Å². The third kappa shape index (κ3) is 8.51. The normalized spacial score (nSPS) is 12.3. The van der Waals surface area contributed by atoms with Crippen molar-refractivity contribution in [3.05, 3.63) is 68.7 Å². The highest BCUT2D eigenvalue weighted by molar-refractivity contribution is 7.99. The summed E-state index contributed by atoms with van der Waals surface area (Å²) in [6.45, 7) is 7.88. The first-order valence-electron chi connectivity index (χ1n) is 10.4. The second-order valence-electron chi connectivity index (χ2n) is 8.54. The van der Waals surface area contributed by atoms with E-state index < -0.39 is 11.6 Å². The zero-order chi connectivity index (χ0) is 23.9. The maximum Gasteiger partial charge on any atom is 0.243 e. The predicted octanol–water partition coefficient (Wildman–Crippen LogP) is 6.60. The fraction of sp³-hybridized carbons (Fsp3) is 0.417. The molecule has 174 valence electrons. The average molecular weight is 516 g/mol. The van der Waals surface area contributed by atoms with Crippen LogP contribution < -0.4 is 5.32 Å². The quantitative estimate of drug-likeness (QED) is 0.409. The van der Waals surface area contributed by atoms with Gasteiger partial charge in [0.15, 0.2) is 0 Å². The van der Waals surface area contributed by atoms with Crippen LogP contribution in [0.3, 0.4) is 0 Å². The number of nitrogens with one attached hydrogen (secondary N) is 1. The number of benzene rings is 2. The molecular weight excluding hydrogens is 487 g/mol. The molecule has 0 heterocycles. The molecule has 0 aromatic heterocycles. The Hall–Kier alpha value is -1.40. The Morgan fingerprint density at radius 1 is 1.06 bits per heavy atom. The summed E-state index contributed by atoms with van der Waals surface area (Å²) < 4.78 is 0. The van der Waals surface area contributed by atoms with Gasteiger partial charge in [-0.3, -0.25) is 9.59 Å². The maximum absolute atomic E-state index is 13.3. The lowest BCUT2D eigenvalue weighted by molar-refractivity contribution is -0.140. The highest BCUT2D eigenvalue weighted by Crippen LogP contribution is 2.25. The Kier molecular flexibility index (Phi) is 10.2. The molecule has 2 aromatic carbocycles. The van der Waals surface area contributed by atoms with Crippen molar-refractivity contribution in [2.24, 2.45) is 0 Å². The van der Waals surface area contributed by atoms with Crippen LogP contribution in [0.5, 0.6) is 0 Å². The Morgan fingerprint density at radius 3 is 2.34 bits per heavy atom. The first-order valence-corrected chi connectivity index (χ1v) is 12.7. The summed E-state index contributed by atoms with van der Waals surface area (Å²) in [5.41, 5.74) is 1.38. The molecule has 2 amide bonds. The minimum Gasteiger partial charge on any atom is -0.350 e. The molecule has 1 atom stereocenters. The lowest BCUT2D eigenvalue weighted by Crippen LogP contribution is -2.53. The first kappa shape index (κ1) is 26.8. The van der Waals surface area contributed by atoms with E-state index in [4.69, 9.17) is 34.8 Å². The minimum atomic E-state index is -0.611. The molecule has 0 bridgehead atoms. The van der Waals surface area contributed by atoms with Crippen molar-refractivity contribution in [3.63, 3.8) is 0 Å². The molecule has 2 rings (SSSR count). The molecule has 0 radical (unpaired) electrons. The van der Waals surface area contributed by atoms with Crippen LogP contribution in [0, 0.1) is 0 Å². The summed E-state index contributed by atoms with van der Waals surface area (Å²) in [6, 6.07) is 12.1. The molecule has 0 saturated carbocycles. The highest BCUT2D eigenvalue weighted by atomic mass is 35.5. The number of carbonyl (C=O) groups is 2. The number of hydrogen-bond donors (Lipinski definition) is 1. The van der Waals surface area contributed by atoms with Crippen LogP contribution in [0.1, 0.15) is 45.2 Å². The third-order valence-corrected chi connectivity index (χ3v) is 6.43. The summed E-state index contributed by atoms with van der Waals surface area (Å²) in [7, 11) is 0. The van der Waals surface area contributed by atoms with Crippen LogP contribution in [-0.2, 0) is 21.9 Å². The van der Waals surface area contributed by atoms with Crippen molar-refractivity contribution in [1.82, 2.24) is 10.2 Å². The Labute approximate surface area is 210 Å². The Bertz CT molecular complexity index is 947. The van der Waals surface area contributed by atoms with Crippen molar-refractivity contribution in [3.8, 4) is 0 Å². The molecule has 8 heteroatoms. The van der Waals surface area contributed by atoms with E-state index in [1.165, 1.54) is 11.8 Å². The van der Waals surface area contributed by atoms with Gasteiger partial charge in [-0.15, -0.1) is 11.8 Å². The molecule has 0 aliphatic carbocycles. The van der Waals surface area contributed by atoms with Gasteiger partial charge in [0.2, 0.25) is 11.8 Å². The molecule has 32 heavy (non-hydrogen) atoms. The van der Waals surface area contributed by atoms with Crippen molar-refractivity contribution in [2.45, 2.75) is 58.0 Å². The smallest absolute Gasteiger partial charge is 0.243 e. The van der Waals surface area contributed by atoms with E-state index in [1.54, 1.807) is 23.1 Å². The standard InChI is InChI=1S/C24H29Cl3N2O2S/c1-5-21(23(31)28-24(2,3)4)29(13-17-9-10-19(26)12-20(17)27)22(30)15-32-14-16-7-6-8-18(25)11-16/h6-12,21H,5,13-15H2,1-4H3,(H,28,31). The van der Waals surface area contributed by atoms with E-state index >= 15 is 0 Å². The summed E-state index contributed by atoms with van der Waals surface area (Å²) in [4.78, 5) is 27.9. The first-order chi connectivity index (χ1) is 15.0. The van der Waals surface area contributed by atoms with E-state index in [0.29, 0.717) is 27.2 Å². The number of amides is 2. The van der Waals surface area contributed by atoms with Gasteiger partial charge >= 0.3 is 0 Å². The van der Waals surface area contributed by atoms with Gasteiger partial charge in [0.05, 0.1) is 5.75 Å². The molecule has 4 nitrogen and oxygen atoms in total. The highest BCUT2D eigenvalue weighted by Gasteiger charge is 2.30.